The Morgan fingerprint density at radius 2 is 1.87 bits per heavy atom. The first-order valence-corrected chi connectivity index (χ1v) is 11.0. The number of hydrogen-bond acceptors (Lipinski definition) is 4. The second kappa shape index (κ2) is 8.04. The second-order valence-electron chi connectivity index (χ2n) is 7.23. The highest BCUT2D eigenvalue weighted by molar-refractivity contribution is 7.89. The molecule has 0 aliphatic carbocycles. The summed E-state index contributed by atoms with van der Waals surface area (Å²) >= 11 is 0. The largest absolute Gasteiger partial charge is 0.468 e. The van der Waals surface area contributed by atoms with E-state index in [9.17, 15) is 17.6 Å². The number of carbonyl (C=O) groups is 1. The van der Waals surface area contributed by atoms with Crippen LogP contribution < -0.4 is 4.90 Å². The van der Waals surface area contributed by atoms with Gasteiger partial charge in [-0.15, -0.1) is 0 Å². The molecule has 6 nitrogen and oxygen atoms in total. The van der Waals surface area contributed by atoms with Crippen molar-refractivity contribution in [1.82, 2.24) is 4.31 Å². The number of anilines is 1. The lowest BCUT2D eigenvalue weighted by molar-refractivity contribution is -0.119. The first kappa shape index (κ1) is 20.3. The summed E-state index contributed by atoms with van der Waals surface area (Å²) in [5, 5.41) is 0. The Bertz CT molecular complexity index is 1160. The van der Waals surface area contributed by atoms with E-state index in [0.29, 0.717) is 12.2 Å². The highest BCUT2D eigenvalue weighted by Crippen LogP contribution is 2.32. The summed E-state index contributed by atoms with van der Waals surface area (Å²) in [7, 11) is -4.28. The molecule has 30 heavy (non-hydrogen) atoms. The molecular weight excluding hydrogens is 407 g/mol. The molecule has 1 aromatic heterocycles. The average molecular weight is 428 g/mol. The Balaban J connectivity index is 1.67. The second-order valence-corrected chi connectivity index (χ2v) is 9.13. The van der Waals surface area contributed by atoms with Crippen molar-refractivity contribution < 1.29 is 22.0 Å². The average Bonchev–Trinajstić information content (AvgIpc) is 3.34. The third kappa shape index (κ3) is 3.76. The fourth-order valence-electron chi connectivity index (χ4n) is 3.77. The van der Waals surface area contributed by atoms with Crippen molar-refractivity contribution in [2.24, 2.45) is 0 Å². The number of halogens is 1. The van der Waals surface area contributed by atoms with Crippen LogP contribution in [0.5, 0.6) is 0 Å². The van der Waals surface area contributed by atoms with Gasteiger partial charge in [-0.1, -0.05) is 30.3 Å². The molecule has 0 fully saturated rings. The van der Waals surface area contributed by atoms with E-state index in [-0.39, 0.29) is 18.5 Å². The third-order valence-corrected chi connectivity index (χ3v) is 6.98. The van der Waals surface area contributed by atoms with Gasteiger partial charge >= 0.3 is 0 Å². The SMILES string of the molecule is CC1Cc2ccccc2N1C(=O)CN(Cc1ccco1)S(=O)(=O)c1ccccc1F. The molecule has 4 rings (SSSR count). The van der Waals surface area contributed by atoms with Crippen LogP contribution in [0.4, 0.5) is 10.1 Å². The van der Waals surface area contributed by atoms with Gasteiger partial charge in [-0.05, 0) is 49.2 Å². The van der Waals surface area contributed by atoms with Crippen molar-refractivity contribution in [2.75, 3.05) is 11.4 Å². The zero-order valence-corrected chi connectivity index (χ0v) is 17.2. The van der Waals surface area contributed by atoms with E-state index >= 15 is 0 Å². The number of para-hydroxylation sites is 1. The number of fused-ring (bicyclic) bond motifs is 1. The molecule has 0 bridgehead atoms. The number of nitrogens with zero attached hydrogens (tertiary/aromatic N) is 2. The van der Waals surface area contributed by atoms with Crippen molar-refractivity contribution in [2.45, 2.75) is 30.8 Å². The fourth-order valence-corrected chi connectivity index (χ4v) is 5.19. The van der Waals surface area contributed by atoms with Crippen LogP contribution in [0.2, 0.25) is 0 Å². The molecule has 1 aliphatic rings. The number of carbonyl (C=O) groups excluding carboxylic acids is 1. The smallest absolute Gasteiger partial charge is 0.246 e. The topological polar surface area (TPSA) is 70.8 Å². The van der Waals surface area contributed by atoms with Crippen molar-refractivity contribution in [1.29, 1.82) is 0 Å². The van der Waals surface area contributed by atoms with E-state index in [1.165, 1.54) is 24.5 Å². The molecule has 2 heterocycles. The van der Waals surface area contributed by atoms with Crippen LogP contribution in [-0.4, -0.2) is 31.2 Å². The predicted octanol–water partition coefficient (Wildman–Crippen LogP) is 3.59. The fraction of sp³-hybridized carbons (Fsp3) is 0.227. The summed E-state index contributed by atoms with van der Waals surface area (Å²) in [6.07, 6.45) is 2.12. The molecule has 0 N–H and O–H groups in total. The molecular formula is C22H21FN2O4S. The molecule has 156 valence electrons. The maximum atomic E-state index is 14.3. The third-order valence-electron chi connectivity index (χ3n) is 5.15. The van der Waals surface area contributed by atoms with Crippen molar-refractivity contribution in [3.63, 3.8) is 0 Å². The van der Waals surface area contributed by atoms with Crippen LogP contribution in [0.25, 0.3) is 0 Å². The molecule has 0 saturated carbocycles. The minimum absolute atomic E-state index is 0.100. The Morgan fingerprint density at radius 3 is 2.60 bits per heavy atom. The number of furan rings is 1. The molecule has 1 unspecified atom stereocenters. The monoisotopic (exact) mass is 428 g/mol. The summed E-state index contributed by atoms with van der Waals surface area (Å²) < 4.78 is 47.0. The minimum atomic E-state index is -4.28. The van der Waals surface area contributed by atoms with E-state index in [1.807, 2.05) is 31.2 Å². The number of rotatable bonds is 6. The number of benzene rings is 2. The van der Waals surface area contributed by atoms with Crippen molar-refractivity contribution in [3.8, 4) is 0 Å². The highest BCUT2D eigenvalue weighted by atomic mass is 32.2. The van der Waals surface area contributed by atoms with E-state index in [2.05, 4.69) is 0 Å². The van der Waals surface area contributed by atoms with Crippen molar-refractivity contribution >= 4 is 21.6 Å². The van der Waals surface area contributed by atoms with Gasteiger partial charge in [0, 0.05) is 11.7 Å². The standard InChI is InChI=1S/C22H21FN2O4S/c1-16-13-17-7-2-4-10-20(17)25(16)22(26)15-24(14-18-8-6-12-29-18)30(27,28)21-11-5-3-9-19(21)23/h2-12,16H,13-15H2,1H3. The Labute approximate surface area is 174 Å². The molecule has 0 saturated heterocycles. The van der Waals surface area contributed by atoms with Gasteiger partial charge in [0.15, 0.2) is 0 Å². The van der Waals surface area contributed by atoms with E-state index < -0.39 is 27.3 Å². The summed E-state index contributed by atoms with van der Waals surface area (Å²) in [5.41, 5.74) is 1.81. The van der Waals surface area contributed by atoms with Crippen LogP contribution in [0.3, 0.4) is 0 Å². The van der Waals surface area contributed by atoms with Gasteiger partial charge in [0.2, 0.25) is 15.9 Å². The van der Waals surface area contributed by atoms with Gasteiger partial charge in [0.25, 0.3) is 0 Å². The Hall–Kier alpha value is -2.97. The normalized spacial score (nSPS) is 16.1. The van der Waals surface area contributed by atoms with Crippen LogP contribution in [0, 0.1) is 5.82 Å². The molecule has 1 atom stereocenters. The first-order chi connectivity index (χ1) is 14.4. The molecule has 0 radical (unpaired) electrons. The van der Waals surface area contributed by atoms with Crippen molar-refractivity contribution in [3.05, 3.63) is 84.1 Å². The lowest BCUT2D eigenvalue weighted by Crippen LogP contribution is -2.45. The molecule has 1 amide bonds. The molecule has 1 aliphatic heterocycles. The number of hydrogen-bond donors (Lipinski definition) is 0. The Kier molecular flexibility index (Phi) is 5.44. The maximum Gasteiger partial charge on any atom is 0.246 e. The van der Waals surface area contributed by atoms with Crippen LogP contribution in [0.15, 0.2) is 76.2 Å². The molecule has 0 spiro atoms. The summed E-state index contributed by atoms with van der Waals surface area (Å²) in [6.45, 7) is 1.30. The van der Waals surface area contributed by atoms with Gasteiger partial charge in [0.1, 0.15) is 16.5 Å². The van der Waals surface area contributed by atoms with Gasteiger partial charge in [0.05, 0.1) is 19.4 Å². The van der Waals surface area contributed by atoms with Gasteiger partial charge < -0.3 is 9.32 Å². The lowest BCUT2D eigenvalue weighted by Gasteiger charge is -2.27. The summed E-state index contributed by atoms with van der Waals surface area (Å²) in [6, 6.07) is 15.8. The maximum absolute atomic E-state index is 14.3. The van der Waals surface area contributed by atoms with Gasteiger partial charge in [-0.25, -0.2) is 12.8 Å². The summed E-state index contributed by atoms with van der Waals surface area (Å²) in [5.74, 6) is -0.884. The zero-order valence-electron chi connectivity index (χ0n) is 16.4. The van der Waals surface area contributed by atoms with E-state index in [4.69, 9.17) is 4.42 Å². The first-order valence-electron chi connectivity index (χ1n) is 9.55. The highest BCUT2D eigenvalue weighted by Gasteiger charge is 2.35. The molecule has 8 heteroatoms. The molecule has 3 aromatic rings. The predicted molar refractivity (Wildman–Crippen MR) is 110 cm³/mol. The zero-order chi connectivity index (χ0) is 21.3. The summed E-state index contributed by atoms with van der Waals surface area (Å²) in [4.78, 5) is 14.4. The van der Waals surface area contributed by atoms with Crippen LogP contribution in [0.1, 0.15) is 18.2 Å². The van der Waals surface area contributed by atoms with E-state index in [0.717, 1.165) is 21.6 Å². The van der Waals surface area contributed by atoms with Crippen LogP contribution >= 0.6 is 0 Å². The quantitative estimate of drug-likeness (QED) is 0.602. The van der Waals surface area contributed by atoms with Crippen LogP contribution in [-0.2, 0) is 27.8 Å². The minimum Gasteiger partial charge on any atom is -0.468 e. The van der Waals surface area contributed by atoms with E-state index in [1.54, 1.807) is 17.0 Å². The van der Waals surface area contributed by atoms with Gasteiger partial charge in [-0.2, -0.15) is 4.31 Å². The lowest BCUT2D eigenvalue weighted by atomic mass is 10.1. The number of amides is 1. The Morgan fingerprint density at radius 1 is 1.13 bits per heavy atom. The molecule has 2 aromatic carbocycles. The van der Waals surface area contributed by atoms with Gasteiger partial charge in [-0.3, -0.25) is 4.79 Å². The number of sulfonamides is 1.